The molecule has 0 bridgehead atoms. The van der Waals surface area contributed by atoms with Gasteiger partial charge in [0.2, 0.25) is 5.91 Å². The molecule has 51 heavy (non-hydrogen) atoms. The SMILES string of the molecule is CC/C=C\C/C=C\C/C=C\C/C=C\C/C=C\CCCC(=O)NC(CO)C(O)/C=C/CC/C=C/CCCCCCCCCCCCCCCCCC. The molecule has 0 aliphatic carbocycles. The molecule has 3 N–H and O–H groups in total. The standard InChI is InChI=1S/C47H81NO3/c1-3-5-7-9-11-13-15-17-19-21-22-23-24-25-27-28-30-32-34-36-38-40-42-46(50)45(44-49)48-47(51)43-41-39-37-35-33-31-29-26-20-18-16-14-12-10-8-6-4-2/h6,8,12,14,18,20,29,31-32,34-35,37,40,42,45-46,49-50H,3-5,7,9-11,13,15-17,19,21-28,30,33,36,38-39,41,43-44H2,1-2H3,(H,48,51)/b8-6-,14-12-,20-18-,31-29-,34-32+,37-35-,42-40+. The molecular weight excluding hydrogens is 627 g/mol. The van der Waals surface area contributed by atoms with Crippen molar-refractivity contribution in [3.63, 3.8) is 0 Å². The molecule has 0 saturated carbocycles. The van der Waals surface area contributed by atoms with Crippen molar-refractivity contribution in [2.45, 2.75) is 199 Å². The van der Waals surface area contributed by atoms with E-state index >= 15 is 0 Å². The molecule has 0 saturated heterocycles. The Kier molecular flexibility index (Phi) is 40.0. The lowest BCUT2D eigenvalue weighted by molar-refractivity contribution is -0.122. The van der Waals surface area contributed by atoms with Crippen molar-refractivity contribution < 1.29 is 15.0 Å². The van der Waals surface area contributed by atoms with Gasteiger partial charge < -0.3 is 15.5 Å². The number of unbranched alkanes of at least 4 members (excludes halogenated alkanes) is 18. The van der Waals surface area contributed by atoms with Crippen molar-refractivity contribution in [2.24, 2.45) is 0 Å². The summed E-state index contributed by atoms with van der Waals surface area (Å²) in [7, 11) is 0. The number of carbonyl (C=O) groups excluding carboxylic acids is 1. The second kappa shape index (κ2) is 42.0. The van der Waals surface area contributed by atoms with Crippen molar-refractivity contribution >= 4 is 5.91 Å². The Hall–Kier alpha value is -2.43. The molecule has 0 aromatic rings. The number of allylic oxidation sites excluding steroid dienone is 13. The summed E-state index contributed by atoms with van der Waals surface area (Å²) in [5, 5.41) is 22.9. The van der Waals surface area contributed by atoms with Crippen LogP contribution < -0.4 is 5.32 Å². The summed E-state index contributed by atoms with van der Waals surface area (Å²) < 4.78 is 0. The van der Waals surface area contributed by atoms with Crippen LogP contribution in [0.25, 0.3) is 0 Å². The van der Waals surface area contributed by atoms with Crippen LogP contribution in [0.2, 0.25) is 0 Å². The average molecular weight is 708 g/mol. The third kappa shape index (κ3) is 38.6. The van der Waals surface area contributed by atoms with Crippen LogP contribution in [0.5, 0.6) is 0 Å². The molecular formula is C47H81NO3. The Labute approximate surface area is 316 Å². The molecule has 0 radical (unpaired) electrons. The van der Waals surface area contributed by atoms with Crippen molar-refractivity contribution in [1.29, 1.82) is 0 Å². The van der Waals surface area contributed by atoms with Gasteiger partial charge in [-0.25, -0.2) is 0 Å². The quantitative estimate of drug-likeness (QED) is 0.0445. The molecule has 0 rings (SSSR count). The minimum absolute atomic E-state index is 0.133. The Morgan fingerprint density at radius 1 is 0.490 bits per heavy atom. The van der Waals surface area contributed by atoms with Crippen LogP contribution in [0.3, 0.4) is 0 Å². The summed E-state index contributed by atoms with van der Waals surface area (Å²) in [4.78, 5) is 12.3. The molecule has 4 heteroatoms. The van der Waals surface area contributed by atoms with Gasteiger partial charge in [-0.3, -0.25) is 4.79 Å². The highest BCUT2D eigenvalue weighted by Gasteiger charge is 2.17. The highest BCUT2D eigenvalue weighted by Crippen LogP contribution is 2.14. The zero-order chi connectivity index (χ0) is 37.1. The fourth-order valence-corrected chi connectivity index (χ4v) is 5.88. The van der Waals surface area contributed by atoms with Gasteiger partial charge >= 0.3 is 0 Å². The maximum Gasteiger partial charge on any atom is 0.220 e. The molecule has 292 valence electrons. The minimum atomic E-state index is -0.890. The van der Waals surface area contributed by atoms with Gasteiger partial charge in [0.15, 0.2) is 0 Å². The van der Waals surface area contributed by atoms with Gasteiger partial charge in [-0.15, -0.1) is 0 Å². The highest BCUT2D eigenvalue weighted by atomic mass is 16.3. The van der Waals surface area contributed by atoms with Gasteiger partial charge in [-0.2, -0.15) is 0 Å². The fourth-order valence-electron chi connectivity index (χ4n) is 5.88. The topological polar surface area (TPSA) is 69.6 Å². The molecule has 2 atom stereocenters. The number of rotatable bonds is 37. The first kappa shape index (κ1) is 48.6. The number of nitrogens with one attached hydrogen (secondary N) is 1. The molecule has 0 spiro atoms. The number of carbonyl (C=O) groups is 1. The lowest BCUT2D eigenvalue weighted by Crippen LogP contribution is -2.45. The Bertz CT molecular complexity index is 941. The van der Waals surface area contributed by atoms with Gasteiger partial charge in [0.1, 0.15) is 0 Å². The third-order valence-electron chi connectivity index (χ3n) is 9.11. The molecule has 0 aliphatic rings. The number of aliphatic hydroxyl groups is 2. The van der Waals surface area contributed by atoms with Crippen LogP contribution in [0.1, 0.15) is 187 Å². The summed E-state index contributed by atoms with van der Waals surface area (Å²) in [6.45, 7) is 4.15. The predicted octanol–water partition coefficient (Wildman–Crippen LogP) is 13.3. The Balaban J connectivity index is 3.73. The van der Waals surface area contributed by atoms with E-state index in [0.29, 0.717) is 6.42 Å². The molecule has 0 heterocycles. The van der Waals surface area contributed by atoms with Gasteiger partial charge in [-0.1, -0.05) is 195 Å². The fraction of sp³-hybridized carbons (Fsp3) is 0.681. The van der Waals surface area contributed by atoms with Gasteiger partial charge in [-0.05, 0) is 70.6 Å². The largest absolute Gasteiger partial charge is 0.394 e. The maximum absolute atomic E-state index is 12.3. The molecule has 0 aromatic heterocycles. The lowest BCUT2D eigenvalue weighted by Gasteiger charge is -2.19. The Morgan fingerprint density at radius 3 is 1.37 bits per heavy atom. The van der Waals surface area contributed by atoms with E-state index in [0.717, 1.165) is 64.2 Å². The molecule has 0 aromatic carbocycles. The second-order valence-electron chi connectivity index (χ2n) is 14.0. The molecule has 1 amide bonds. The van der Waals surface area contributed by atoms with E-state index in [9.17, 15) is 15.0 Å². The van der Waals surface area contributed by atoms with Crippen LogP contribution in [0, 0.1) is 0 Å². The highest BCUT2D eigenvalue weighted by molar-refractivity contribution is 5.76. The normalized spacial score (nSPS) is 13.9. The van der Waals surface area contributed by atoms with E-state index in [-0.39, 0.29) is 12.5 Å². The van der Waals surface area contributed by atoms with E-state index in [2.05, 4.69) is 92.1 Å². The molecule has 0 aliphatic heterocycles. The maximum atomic E-state index is 12.3. The number of aliphatic hydroxyl groups excluding tert-OH is 2. The first-order chi connectivity index (χ1) is 25.2. The van der Waals surface area contributed by atoms with Crippen molar-refractivity contribution in [2.75, 3.05) is 6.61 Å². The first-order valence-corrected chi connectivity index (χ1v) is 21.3. The van der Waals surface area contributed by atoms with Gasteiger partial charge in [0.25, 0.3) is 0 Å². The van der Waals surface area contributed by atoms with E-state index in [1.165, 1.54) is 103 Å². The number of amides is 1. The van der Waals surface area contributed by atoms with Crippen LogP contribution in [-0.2, 0) is 4.79 Å². The van der Waals surface area contributed by atoms with E-state index in [1.807, 2.05) is 6.08 Å². The van der Waals surface area contributed by atoms with E-state index < -0.39 is 12.1 Å². The van der Waals surface area contributed by atoms with Gasteiger partial charge in [0.05, 0.1) is 18.8 Å². The zero-order valence-corrected chi connectivity index (χ0v) is 33.3. The summed E-state index contributed by atoms with van der Waals surface area (Å²) in [5.74, 6) is -0.133. The summed E-state index contributed by atoms with van der Waals surface area (Å²) >= 11 is 0. The van der Waals surface area contributed by atoms with Crippen molar-refractivity contribution in [3.8, 4) is 0 Å². The van der Waals surface area contributed by atoms with Crippen LogP contribution in [-0.4, -0.2) is 34.9 Å². The molecule has 0 fully saturated rings. The predicted molar refractivity (Wildman–Crippen MR) is 225 cm³/mol. The second-order valence-corrected chi connectivity index (χ2v) is 14.0. The lowest BCUT2D eigenvalue weighted by atomic mass is 10.0. The number of hydrogen-bond donors (Lipinski definition) is 3. The Morgan fingerprint density at radius 2 is 0.882 bits per heavy atom. The average Bonchev–Trinajstić information content (AvgIpc) is 3.13. The summed E-state index contributed by atoms with van der Waals surface area (Å²) in [5.41, 5.74) is 0. The summed E-state index contributed by atoms with van der Waals surface area (Å²) in [6, 6.07) is -0.673. The zero-order valence-electron chi connectivity index (χ0n) is 33.3. The van der Waals surface area contributed by atoms with Crippen molar-refractivity contribution in [1.82, 2.24) is 5.32 Å². The van der Waals surface area contributed by atoms with E-state index in [1.54, 1.807) is 6.08 Å². The first-order valence-electron chi connectivity index (χ1n) is 21.3. The van der Waals surface area contributed by atoms with Crippen LogP contribution >= 0.6 is 0 Å². The smallest absolute Gasteiger partial charge is 0.220 e. The number of hydrogen-bond acceptors (Lipinski definition) is 3. The van der Waals surface area contributed by atoms with Gasteiger partial charge in [0, 0.05) is 6.42 Å². The monoisotopic (exact) mass is 708 g/mol. The molecule has 4 nitrogen and oxygen atoms in total. The minimum Gasteiger partial charge on any atom is -0.394 e. The summed E-state index contributed by atoms with van der Waals surface area (Å²) in [6.07, 6.45) is 61.2. The van der Waals surface area contributed by atoms with E-state index in [4.69, 9.17) is 0 Å². The van der Waals surface area contributed by atoms with Crippen LogP contribution in [0.4, 0.5) is 0 Å². The van der Waals surface area contributed by atoms with Crippen LogP contribution in [0.15, 0.2) is 85.1 Å². The third-order valence-corrected chi connectivity index (χ3v) is 9.11. The molecule has 2 unspecified atom stereocenters. The van der Waals surface area contributed by atoms with Crippen molar-refractivity contribution in [3.05, 3.63) is 85.1 Å².